The first-order chi connectivity index (χ1) is 9.81. The van der Waals surface area contributed by atoms with Gasteiger partial charge in [-0.2, -0.15) is 0 Å². The third-order valence-corrected chi connectivity index (χ3v) is 3.66. The second kappa shape index (κ2) is 9.77. The molecule has 1 aliphatic heterocycles. The third kappa shape index (κ3) is 5.65. The Kier molecular flexibility index (Phi) is 8.35. The summed E-state index contributed by atoms with van der Waals surface area (Å²) in [5.74, 6) is 0.107. The van der Waals surface area contributed by atoms with Crippen molar-refractivity contribution in [3.05, 3.63) is 35.4 Å². The van der Waals surface area contributed by atoms with Crippen LogP contribution in [0.4, 0.5) is 0 Å². The Bertz CT molecular complexity index is 434. The predicted molar refractivity (Wildman–Crippen MR) is 86.5 cm³/mol. The van der Waals surface area contributed by atoms with Gasteiger partial charge in [0.25, 0.3) is 0 Å². The molecule has 1 aliphatic rings. The molecule has 2 rings (SSSR count). The summed E-state index contributed by atoms with van der Waals surface area (Å²) in [6, 6.07) is 8.07. The van der Waals surface area contributed by atoms with Crippen molar-refractivity contribution in [3.63, 3.8) is 0 Å². The number of ether oxygens (including phenoxy) is 1. The number of halogens is 1. The highest BCUT2D eigenvalue weighted by atomic mass is 35.5. The Morgan fingerprint density at radius 3 is 2.76 bits per heavy atom. The van der Waals surface area contributed by atoms with E-state index in [-0.39, 0.29) is 24.4 Å². The molecule has 5 heteroatoms. The maximum Gasteiger partial charge on any atom is 0.237 e. The Balaban J connectivity index is 0.00000220. The minimum absolute atomic E-state index is 0. The Morgan fingerprint density at radius 2 is 2.10 bits per heavy atom. The van der Waals surface area contributed by atoms with Gasteiger partial charge in [-0.15, -0.1) is 12.4 Å². The number of piperidine rings is 1. The second-order valence-corrected chi connectivity index (χ2v) is 5.13. The Hall–Kier alpha value is -1.10. The van der Waals surface area contributed by atoms with E-state index >= 15 is 0 Å². The van der Waals surface area contributed by atoms with Crippen LogP contribution < -0.4 is 10.6 Å². The highest BCUT2D eigenvalue weighted by Gasteiger charge is 2.20. The van der Waals surface area contributed by atoms with E-state index in [4.69, 9.17) is 4.74 Å². The SMILES string of the molecule is CCOCc1ccccc1CNC(=O)C1CCCCN1.Cl. The molecule has 0 aliphatic carbocycles. The summed E-state index contributed by atoms with van der Waals surface area (Å²) < 4.78 is 5.46. The zero-order valence-corrected chi connectivity index (χ0v) is 13.4. The number of rotatable bonds is 6. The molecule has 1 heterocycles. The van der Waals surface area contributed by atoms with E-state index in [9.17, 15) is 4.79 Å². The normalized spacial score (nSPS) is 17.9. The molecule has 1 saturated heterocycles. The molecule has 0 saturated carbocycles. The van der Waals surface area contributed by atoms with Crippen LogP contribution in [0.2, 0.25) is 0 Å². The molecule has 0 bridgehead atoms. The van der Waals surface area contributed by atoms with Crippen molar-refractivity contribution in [1.82, 2.24) is 10.6 Å². The first-order valence-corrected chi connectivity index (χ1v) is 7.47. The van der Waals surface area contributed by atoms with Crippen LogP contribution in [-0.2, 0) is 22.7 Å². The zero-order valence-electron chi connectivity index (χ0n) is 12.6. The number of carbonyl (C=O) groups excluding carboxylic acids is 1. The van der Waals surface area contributed by atoms with E-state index in [1.54, 1.807) is 0 Å². The van der Waals surface area contributed by atoms with Crippen molar-refractivity contribution in [3.8, 4) is 0 Å². The van der Waals surface area contributed by atoms with Gasteiger partial charge in [0.05, 0.1) is 12.6 Å². The third-order valence-electron chi connectivity index (χ3n) is 3.66. The molecule has 0 spiro atoms. The smallest absolute Gasteiger partial charge is 0.237 e. The molecule has 1 unspecified atom stereocenters. The van der Waals surface area contributed by atoms with Crippen LogP contribution in [0, 0.1) is 0 Å². The molecular formula is C16H25ClN2O2. The lowest BCUT2D eigenvalue weighted by atomic mass is 10.0. The van der Waals surface area contributed by atoms with E-state index < -0.39 is 0 Å². The number of carbonyl (C=O) groups is 1. The fourth-order valence-corrected chi connectivity index (χ4v) is 2.46. The van der Waals surface area contributed by atoms with Gasteiger partial charge < -0.3 is 15.4 Å². The highest BCUT2D eigenvalue weighted by molar-refractivity contribution is 5.85. The molecule has 4 nitrogen and oxygen atoms in total. The van der Waals surface area contributed by atoms with E-state index in [1.807, 2.05) is 25.1 Å². The highest BCUT2D eigenvalue weighted by Crippen LogP contribution is 2.11. The first kappa shape index (κ1) is 18.0. The van der Waals surface area contributed by atoms with Gasteiger partial charge in [0.1, 0.15) is 0 Å². The summed E-state index contributed by atoms with van der Waals surface area (Å²) in [7, 11) is 0. The largest absolute Gasteiger partial charge is 0.377 e. The molecular weight excluding hydrogens is 288 g/mol. The molecule has 1 fully saturated rings. The molecule has 1 atom stereocenters. The van der Waals surface area contributed by atoms with Crippen molar-refractivity contribution in [2.45, 2.75) is 45.4 Å². The standard InChI is InChI=1S/C16H24N2O2.ClH/c1-2-20-12-14-8-4-3-7-13(14)11-18-16(19)15-9-5-6-10-17-15;/h3-4,7-8,15,17H,2,5-6,9-12H2,1H3,(H,18,19);1H. The van der Waals surface area contributed by atoms with Crippen LogP contribution in [0.5, 0.6) is 0 Å². The molecule has 0 radical (unpaired) electrons. The Labute approximate surface area is 133 Å². The van der Waals surface area contributed by atoms with E-state index in [2.05, 4.69) is 16.7 Å². The lowest BCUT2D eigenvalue weighted by Crippen LogP contribution is -2.46. The lowest BCUT2D eigenvalue weighted by molar-refractivity contribution is -0.123. The maximum absolute atomic E-state index is 12.1. The lowest BCUT2D eigenvalue weighted by Gasteiger charge is -2.22. The quantitative estimate of drug-likeness (QED) is 0.848. The van der Waals surface area contributed by atoms with E-state index in [0.29, 0.717) is 19.8 Å². The average molecular weight is 313 g/mol. The predicted octanol–water partition coefficient (Wildman–Crippen LogP) is 2.40. The van der Waals surface area contributed by atoms with Crippen LogP contribution in [0.3, 0.4) is 0 Å². The number of benzene rings is 1. The van der Waals surface area contributed by atoms with Crippen molar-refractivity contribution >= 4 is 18.3 Å². The van der Waals surface area contributed by atoms with Gasteiger partial charge >= 0.3 is 0 Å². The Morgan fingerprint density at radius 1 is 1.33 bits per heavy atom. The van der Waals surface area contributed by atoms with Gasteiger partial charge in [-0.05, 0) is 37.4 Å². The van der Waals surface area contributed by atoms with Gasteiger partial charge in [-0.3, -0.25) is 4.79 Å². The van der Waals surface area contributed by atoms with Gasteiger partial charge in [0, 0.05) is 13.2 Å². The maximum atomic E-state index is 12.1. The summed E-state index contributed by atoms with van der Waals surface area (Å²) in [4.78, 5) is 12.1. The summed E-state index contributed by atoms with van der Waals surface area (Å²) in [5, 5.41) is 6.30. The van der Waals surface area contributed by atoms with Gasteiger partial charge in [0.15, 0.2) is 0 Å². The van der Waals surface area contributed by atoms with E-state index in [0.717, 1.165) is 30.5 Å². The molecule has 1 aromatic rings. The van der Waals surface area contributed by atoms with Crippen LogP contribution in [0.15, 0.2) is 24.3 Å². The summed E-state index contributed by atoms with van der Waals surface area (Å²) in [5.41, 5.74) is 2.27. The fraction of sp³-hybridized carbons (Fsp3) is 0.562. The number of hydrogen-bond acceptors (Lipinski definition) is 3. The summed E-state index contributed by atoms with van der Waals surface area (Å²) >= 11 is 0. The van der Waals surface area contributed by atoms with Crippen molar-refractivity contribution in [2.24, 2.45) is 0 Å². The molecule has 1 aromatic carbocycles. The number of nitrogens with one attached hydrogen (secondary N) is 2. The first-order valence-electron chi connectivity index (χ1n) is 7.47. The monoisotopic (exact) mass is 312 g/mol. The summed E-state index contributed by atoms with van der Waals surface area (Å²) in [6.07, 6.45) is 3.24. The number of hydrogen-bond donors (Lipinski definition) is 2. The van der Waals surface area contributed by atoms with Crippen molar-refractivity contribution in [1.29, 1.82) is 0 Å². The average Bonchev–Trinajstić information content (AvgIpc) is 2.52. The summed E-state index contributed by atoms with van der Waals surface area (Å²) in [6.45, 7) is 4.80. The minimum Gasteiger partial charge on any atom is -0.377 e. The van der Waals surface area contributed by atoms with Crippen LogP contribution in [-0.4, -0.2) is 25.1 Å². The van der Waals surface area contributed by atoms with Crippen LogP contribution >= 0.6 is 12.4 Å². The minimum atomic E-state index is -0.0252. The topological polar surface area (TPSA) is 50.4 Å². The van der Waals surface area contributed by atoms with Crippen molar-refractivity contribution in [2.75, 3.05) is 13.2 Å². The number of amides is 1. The fourth-order valence-electron chi connectivity index (χ4n) is 2.46. The van der Waals surface area contributed by atoms with Crippen molar-refractivity contribution < 1.29 is 9.53 Å². The van der Waals surface area contributed by atoms with Crippen LogP contribution in [0.25, 0.3) is 0 Å². The van der Waals surface area contributed by atoms with Gasteiger partial charge in [-0.1, -0.05) is 30.7 Å². The second-order valence-electron chi connectivity index (χ2n) is 5.13. The van der Waals surface area contributed by atoms with E-state index in [1.165, 1.54) is 6.42 Å². The molecule has 0 aromatic heterocycles. The van der Waals surface area contributed by atoms with Crippen LogP contribution in [0.1, 0.15) is 37.3 Å². The zero-order chi connectivity index (χ0) is 14.2. The van der Waals surface area contributed by atoms with Gasteiger partial charge in [0.2, 0.25) is 5.91 Å². The van der Waals surface area contributed by atoms with Gasteiger partial charge in [-0.25, -0.2) is 0 Å². The molecule has 118 valence electrons. The molecule has 1 amide bonds. The molecule has 2 N–H and O–H groups in total. The molecule has 21 heavy (non-hydrogen) atoms.